The zero-order valence-corrected chi connectivity index (χ0v) is 18.7. The molecule has 1 aromatic heterocycles. The monoisotopic (exact) mass is 433 g/mol. The number of rotatable bonds is 6. The van der Waals surface area contributed by atoms with E-state index in [-0.39, 0.29) is 11.8 Å². The van der Waals surface area contributed by atoms with Crippen molar-refractivity contribution in [2.24, 2.45) is 0 Å². The lowest BCUT2D eigenvalue weighted by atomic mass is 10.0. The maximum absolute atomic E-state index is 12.6. The highest BCUT2D eigenvalue weighted by atomic mass is 32.1. The van der Waals surface area contributed by atoms with Crippen LogP contribution in [0.15, 0.2) is 53.9 Å². The summed E-state index contributed by atoms with van der Waals surface area (Å²) in [6.45, 7) is 6.34. The number of nitrogens with zero attached hydrogens (tertiary/aromatic N) is 2. The van der Waals surface area contributed by atoms with E-state index in [1.807, 2.05) is 29.2 Å². The summed E-state index contributed by atoms with van der Waals surface area (Å²) in [5.74, 6) is 0.340. The number of nitrogens with one attached hydrogen (secondary N) is 1. The molecule has 0 atom stereocenters. The number of hydrogen-bond donors (Lipinski definition) is 1. The molecular weight excluding hydrogens is 406 g/mol. The number of hydrogen-bond acceptors (Lipinski definition) is 4. The molecule has 4 rings (SSSR count). The van der Waals surface area contributed by atoms with Crippen molar-refractivity contribution in [1.82, 2.24) is 15.2 Å². The smallest absolute Gasteiger partial charge is 0.271 e. The summed E-state index contributed by atoms with van der Waals surface area (Å²) in [6, 6.07) is 15.8. The van der Waals surface area contributed by atoms with Crippen LogP contribution in [0.25, 0.3) is 10.6 Å². The van der Waals surface area contributed by atoms with Crippen LogP contribution >= 0.6 is 11.3 Å². The van der Waals surface area contributed by atoms with Crippen molar-refractivity contribution in [3.63, 3.8) is 0 Å². The lowest BCUT2D eigenvalue weighted by molar-refractivity contribution is 0.0792. The van der Waals surface area contributed by atoms with Gasteiger partial charge in [-0.15, -0.1) is 11.3 Å². The van der Waals surface area contributed by atoms with Gasteiger partial charge in [-0.3, -0.25) is 9.59 Å². The lowest BCUT2D eigenvalue weighted by Gasteiger charge is -2.15. The van der Waals surface area contributed by atoms with Crippen molar-refractivity contribution in [3.05, 3.63) is 76.3 Å². The fraction of sp³-hybridized carbons (Fsp3) is 0.320. The molecule has 160 valence electrons. The first-order valence-electron chi connectivity index (χ1n) is 10.7. The predicted octanol–water partition coefficient (Wildman–Crippen LogP) is 5.10. The van der Waals surface area contributed by atoms with E-state index in [0.717, 1.165) is 42.1 Å². The summed E-state index contributed by atoms with van der Waals surface area (Å²) >= 11 is 1.47. The molecule has 0 spiro atoms. The standard InChI is InChI=1S/C25H27N3O2S/c1-17(2)19-8-10-20(11-9-19)24-27-22(16-31-24)23(29)26-15-18-6-5-7-21(14-18)25(30)28-12-3-4-13-28/h5-11,14,16-17H,3-4,12-13,15H2,1-2H3,(H,26,29). The summed E-state index contributed by atoms with van der Waals surface area (Å²) in [7, 11) is 0. The van der Waals surface area contributed by atoms with Crippen molar-refractivity contribution in [3.8, 4) is 10.6 Å². The maximum atomic E-state index is 12.6. The second-order valence-corrected chi connectivity index (χ2v) is 9.06. The number of carbonyl (C=O) groups excluding carboxylic acids is 2. The second kappa shape index (κ2) is 9.43. The van der Waals surface area contributed by atoms with Crippen LogP contribution in [0.2, 0.25) is 0 Å². The summed E-state index contributed by atoms with van der Waals surface area (Å²) in [6.07, 6.45) is 2.14. The summed E-state index contributed by atoms with van der Waals surface area (Å²) in [5, 5.41) is 5.54. The van der Waals surface area contributed by atoms with E-state index >= 15 is 0 Å². The Balaban J connectivity index is 1.38. The summed E-state index contributed by atoms with van der Waals surface area (Å²) in [5.41, 5.74) is 4.29. The first kappa shape index (κ1) is 21.2. The van der Waals surface area contributed by atoms with Gasteiger partial charge in [0.25, 0.3) is 11.8 Å². The highest BCUT2D eigenvalue weighted by Crippen LogP contribution is 2.26. The fourth-order valence-corrected chi connectivity index (χ4v) is 4.52. The number of amides is 2. The topological polar surface area (TPSA) is 62.3 Å². The molecule has 0 aliphatic carbocycles. The van der Waals surface area contributed by atoms with Crippen molar-refractivity contribution < 1.29 is 9.59 Å². The Hall–Kier alpha value is -2.99. The highest BCUT2D eigenvalue weighted by Gasteiger charge is 2.19. The van der Waals surface area contributed by atoms with Crippen LogP contribution in [0, 0.1) is 0 Å². The average molecular weight is 434 g/mol. The molecule has 5 nitrogen and oxygen atoms in total. The van der Waals surface area contributed by atoms with E-state index in [9.17, 15) is 9.59 Å². The molecule has 0 saturated carbocycles. The molecule has 1 N–H and O–H groups in total. The molecule has 2 aromatic carbocycles. The number of thiazole rings is 1. The Morgan fingerprint density at radius 3 is 2.55 bits per heavy atom. The van der Waals surface area contributed by atoms with Gasteiger partial charge < -0.3 is 10.2 Å². The molecule has 31 heavy (non-hydrogen) atoms. The number of likely N-dealkylation sites (tertiary alicyclic amines) is 1. The van der Waals surface area contributed by atoms with Crippen LogP contribution in [-0.4, -0.2) is 34.8 Å². The number of carbonyl (C=O) groups is 2. The van der Waals surface area contributed by atoms with Gasteiger partial charge in [0.05, 0.1) is 0 Å². The Bertz CT molecular complexity index is 1070. The van der Waals surface area contributed by atoms with Crippen LogP contribution < -0.4 is 5.32 Å². The quantitative estimate of drug-likeness (QED) is 0.588. The van der Waals surface area contributed by atoms with E-state index in [2.05, 4.69) is 48.4 Å². The van der Waals surface area contributed by atoms with Crippen LogP contribution in [0.5, 0.6) is 0 Å². The van der Waals surface area contributed by atoms with Gasteiger partial charge in [0, 0.05) is 36.1 Å². The van der Waals surface area contributed by atoms with Crippen LogP contribution in [0.3, 0.4) is 0 Å². The van der Waals surface area contributed by atoms with Gasteiger partial charge in [0.15, 0.2) is 0 Å². The van der Waals surface area contributed by atoms with Crippen molar-refractivity contribution >= 4 is 23.2 Å². The van der Waals surface area contributed by atoms with Gasteiger partial charge in [-0.2, -0.15) is 0 Å². The van der Waals surface area contributed by atoms with Gasteiger partial charge in [-0.05, 0) is 42.0 Å². The molecule has 2 amide bonds. The van der Waals surface area contributed by atoms with Gasteiger partial charge >= 0.3 is 0 Å². The molecule has 1 fully saturated rings. The van der Waals surface area contributed by atoms with Crippen molar-refractivity contribution in [2.75, 3.05) is 13.1 Å². The number of benzene rings is 2. The van der Waals surface area contributed by atoms with Crippen LogP contribution in [-0.2, 0) is 6.54 Å². The molecular formula is C25H27N3O2S. The normalized spacial score (nSPS) is 13.6. The van der Waals surface area contributed by atoms with Gasteiger partial charge in [0.1, 0.15) is 10.7 Å². The van der Waals surface area contributed by atoms with E-state index in [1.165, 1.54) is 16.9 Å². The summed E-state index contributed by atoms with van der Waals surface area (Å²) < 4.78 is 0. The molecule has 1 aliphatic heterocycles. The van der Waals surface area contributed by atoms with Crippen LogP contribution in [0.1, 0.15) is 64.6 Å². The lowest BCUT2D eigenvalue weighted by Crippen LogP contribution is -2.28. The third-order valence-electron chi connectivity index (χ3n) is 5.58. The predicted molar refractivity (Wildman–Crippen MR) is 124 cm³/mol. The highest BCUT2D eigenvalue weighted by molar-refractivity contribution is 7.13. The van der Waals surface area contributed by atoms with E-state index in [0.29, 0.717) is 23.7 Å². The Labute approximate surface area is 187 Å². The SMILES string of the molecule is CC(C)c1ccc(-c2nc(C(=O)NCc3cccc(C(=O)N4CCCC4)c3)cs2)cc1. The largest absolute Gasteiger partial charge is 0.347 e. The molecule has 0 radical (unpaired) electrons. The van der Waals surface area contributed by atoms with Gasteiger partial charge in [-0.25, -0.2) is 4.98 Å². The third kappa shape index (κ3) is 5.02. The van der Waals surface area contributed by atoms with E-state index < -0.39 is 0 Å². The minimum atomic E-state index is -0.211. The van der Waals surface area contributed by atoms with E-state index in [4.69, 9.17) is 0 Å². The number of aromatic nitrogens is 1. The maximum Gasteiger partial charge on any atom is 0.271 e. The first-order valence-corrected chi connectivity index (χ1v) is 11.6. The van der Waals surface area contributed by atoms with E-state index in [1.54, 1.807) is 5.38 Å². The second-order valence-electron chi connectivity index (χ2n) is 8.20. The average Bonchev–Trinajstić information content (AvgIpc) is 3.50. The zero-order chi connectivity index (χ0) is 21.8. The minimum absolute atomic E-state index is 0.0679. The molecule has 0 bridgehead atoms. The van der Waals surface area contributed by atoms with Crippen LogP contribution in [0.4, 0.5) is 0 Å². The first-order chi connectivity index (χ1) is 15.0. The van der Waals surface area contributed by atoms with Crippen molar-refractivity contribution in [1.29, 1.82) is 0 Å². The molecule has 2 heterocycles. The third-order valence-corrected chi connectivity index (χ3v) is 6.47. The molecule has 1 saturated heterocycles. The zero-order valence-electron chi connectivity index (χ0n) is 17.9. The molecule has 3 aromatic rings. The minimum Gasteiger partial charge on any atom is -0.347 e. The Morgan fingerprint density at radius 1 is 1.10 bits per heavy atom. The Kier molecular flexibility index (Phi) is 6.47. The molecule has 0 unspecified atom stereocenters. The van der Waals surface area contributed by atoms with Crippen molar-refractivity contribution in [2.45, 2.75) is 39.2 Å². The van der Waals surface area contributed by atoms with Gasteiger partial charge in [-0.1, -0.05) is 50.2 Å². The Morgan fingerprint density at radius 2 is 1.84 bits per heavy atom. The summed E-state index contributed by atoms with van der Waals surface area (Å²) in [4.78, 5) is 31.6. The fourth-order valence-electron chi connectivity index (χ4n) is 3.71. The molecule has 6 heteroatoms. The van der Waals surface area contributed by atoms with Gasteiger partial charge in [0.2, 0.25) is 0 Å². The molecule has 1 aliphatic rings.